The number of para-hydroxylation sites is 1. The first-order valence-electron chi connectivity index (χ1n) is 8.34. The van der Waals surface area contributed by atoms with Crippen LogP contribution in [0.25, 0.3) is 0 Å². The second-order valence-corrected chi connectivity index (χ2v) is 6.76. The highest BCUT2D eigenvalue weighted by Gasteiger charge is 2.40. The van der Waals surface area contributed by atoms with E-state index in [0.29, 0.717) is 5.41 Å². The summed E-state index contributed by atoms with van der Waals surface area (Å²) in [5.74, 6) is 0. The fraction of sp³-hybridized carbons (Fsp3) is 0.350. The largest absolute Gasteiger partial charge is 0.384 e. The number of piperidine rings is 1. The second-order valence-electron chi connectivity index (χ2n) is 6.76. The number of hydrogen-bond donors (Lipinski definition) is 1. The van der Waals surface area contributed by atoms with E-state index < -0.39 is 0 Å². The quantitative estimate of drug-likeness (QED) is 0.900. The number of halogens is 1. The number of nitrogens with one attached hydrogen (secondary N) is 1. The van der Waals surface area contributed by atoms with Gasteiger partial charge in [0.25, 0.3) is 0 Å². The molecule has 124 valence electrons. The molecule has 4 heteroatoms. The number of rotatable bonds is 2. The molecule has 0 radical (unpaired) electrons. The van der Waals surface area contributed by atoms with Gasteiger partial charge in [-0.1, -0.05) is 30.3 Å². The standard InChI is InChI=1S/C20H21N3.ClH/c21-13-16-5-7-17(8-6-16)14-23-11-9-20(10-12-23)15-22-19-4-2-1-3-18(19)20;/h1-8,22H,9-12,14-15H2;1H. The van der Waals surface area contributed by atoms with E-state index in [0.717, 1.165) is 31.7 Å². The van der Waals surface area contributed by atoms with Crippen LogP contribution in [0, 0.1) is 11.3 Å². The summed E-state index contributed by atoms with van der Waals surface area (Å²) in [7, 11) is 0. The Balaban J connectivity index is 0.00000169. The van der Waals surface area contributed by atoms with Crippen molar-refractivity contribution in [2.24, 2.45) is 0 Å². The van der Waals surface area contributed by atoms with Crippen molar-refractivity contribution >= 4 is 18.1 Å². The van der Waals surface area contributed by atoms with Crippen molar-refractivity contribution < 1.29 is 0 Å². The lowest BCUT2D eigenvalue weighted by Gasteiger charge is -2.39. The number of nitrogens with zero attached hydrogens (tertiary/aromatic N) is 2. The molecule has 2 aliphatic rings. The highest BCUT2D eigenvalue weighted by atomic mass is 35.5. The van der Waals surface area contributed by atoms with Crippen LogP contribution in [0.3, 0.4) is 0 Å². The highest BCUT2D eigenvalue weighted by Crippen LogP contribution is 2.43. The molecule has 3 nitrogen and oxygen atoms in total. The molecule has 0 saturated carbocycles. The first-order valence-corrected chi connectivity index (χ1v) is 8.34. The minimum absolute atomic E-state index is 0. The van der Waals surface area contributed by atoms with Crippen molar-refractivity contribution in [1.82, 2.24) is 4.90 Å². The molecule has 0 aliphatic carbocycles. The van der Waals surface area contributed by atoms with Gasteiger partial charge in [0.1, 0.15) is 0 Å². The Morgan fingerprint density at radius 1 is 1.04 bits per heavy atom. The predicted molar refractivity (Wildman–Crippen MR) is 99.5 cm³/mol. The molecule has 2 aliphatic heterocycles. The lowest BCUT2D eigenvalue weighted by molar-refractivity contribution is 0.162. The molecule has 0 amide bonds. The molecule has 1 fully saturated rings. The number of likely N-dealkylation sites (tertiary alicyclic amines) is 1. The molecule has 1 saturated heterocycles. The Kier molecular flexibility index (Phi) is 4.80. The van der Waals surface area contributed by atoms with Crippen molar-refractivity contribution in [1.29, 1.82) is 5.26 Å². The molecule has 2 heterocycles. The SMILES string of the molecule is Cl.N#Cc1ccc(CN2CCC3(CC2)CNc2ccccc23)cc1. The summed E-state index contributed by atoms with van der Waals surface area (Å²) >= 11 is 0. The van der Waals surface area contributed by atoms with E-state index in [2.05, 4.69) is 52.7 Å². The van der Waals surface area contributed by atoms with E-state index in [1.165, 1.54) is 29.7 Å². The van der Waals surface area contributed by atoms with Crippen molar-refractivity contribution in [3.63, 3.8) is 0 Å². The number of nitriles is 1. The van der Waals surface area contributed by atoms with Gasteiger partial charge in [0.05, 0.1) is 11.6 Å². The first kappa shape index (κ1) is 16.8. The molecule has 2 aromatic carbocycles. The molecule has 1 spiro atoms. The van der Waals surface area contributed by atoms with Gasteiger partial charge in [0.15, 0.2) is 0 Å². The van der Waals surface area contributed by atoms with Crippen LogP contribution in [0.5, 0.6) is 0 Å². The summed E-state index contributed by atoms with van der Waals surface area (Å²) < 4.78 is 0. The Morgan fingerprint density at radius 3 is 2.46 bits per heavy atom. The van der Waals surface area contributed by atoms with Crippen LogP contribution in [0.4, 0.5) is 5.69 Å². The van der Waals surface area contributed by atoms with Crippen LogP contribution in [-0.4, -0.2) is 24.5 Å². The molecule has 1 N–H and O–H groups in total. The summed E-state index contributed by atoms with van der Waals surface area (Å²) in [6.45, 7) is 4.33. The molecule has 0 unspecified atom stereocenters. The maximum atomic E-state index is 8.88. The third-order valence-corrected chi connectivity index (χ3v) is 5.42. The third kappa shape index (κ3) is 3.00. The monoisotopic (exact) mass is 339 g/mol. The van der Waals surface area contributed by atoms with E-state index in [1.54, 1.807) is 0 Å². The zero-order valence-corrected chi connectivity index (χ0v) is 14.5. The summed E-state index contributed by atoms with van der Waals surface area (Å²) in [5, 5.41) is 12.5. The maximum absolute atomic E-state index is 8.88. The van der Waals surface area contributed by atoms with Crippen molar-refractivity contribution in [2.75, 3.05) is 25.0 Å². The molecular formula is C20H22ClN3. The normalized spacial score (nSPS) is 18.3. The highest BCUT2D eigenvalue weighted by molar-refractivity contribution is 5.85. The fourth-order valence-corrected chi connectivity index (χ4v) is 3.99. The molecular weight excluding hydrogens is 318 g/mol. The van der Waals surface area contributed by atoms with Gasteiger partial charge in [-0.3, -0.25) is 4.90 Å². The van der Waals surface area contributed by atoms with Crippen molar-refractivity contribution in [2.45, 2.75) is 24.8 Å². The Bertz CT molecular complexity index is 740. The average molecular weight is 340 g/mol. The smallest absolute Gasteiger partial charge is 0.0991 e. The molecule has 0 aromatic heterocycles. The van der Waals surface area contributed by atoms with E-state index in [-0.39, 0.29) is 12.4 Å². The van der Waals surface area contributed by atoms with Crippen LogP contribution < -0.4 is 5.32 Å². The maximum Gasteiger partial charge on any atom is 0.0991 e. The van der Waals surface area contributed by atoms with E-state index in [9.17, 15) is 0 Å². The van der Waals surface area contributed by atoms with Crippen LogP contribution in [0.2, 0.25) is 0 Å². The zero-order valence-electron chi connectivity index (χ0n) is 13.7. The predicted octanol–water partition coefficient (Wildman–Crippen LogP) is 3.94. The van der Waals surface area contributed by atoms with Crippen LogP contribution in [-0.2, 0) is 12.0 Å². The summed E-state index contributed by atoms with van der Waals surface area (Å²) in [6, 6.07) is 18.9. The lowest BCUT2D eigenvalue weighted by atomic mass is 9.74. The van der Waals surface area contributed by atoms with Gasteiger partial charge >= 0.3 is 0 Å². The zero-order chi connectivity index (χ0) is 15.7. The number of anilines is 1. The van der Waals surface area contributed by atoms with E-state index >= 15 is 0 Å². The summed E-state index contributed by atoms with van der Waals surface area (Å²) in [5.41, 5.74) is 5.20. The molecule has 24 heavy (non-hydrogen) atoms. The van der Waals surface area contributed by atoms with E-state index in [1.807, 2.05) is 12.1 Å². The van der Waals surface area contributed by atoms with Gasteiger partial charge in [0.2, 0.25) is 0 Å². The fourth-order valence-electron chi connectivity index (χ4n) is 3.99. The van der Waals surface area contributed by atoms with E-state index in [4.69, 9.17) is 5.26 Å². The van der Waals surface area contributed by atoms with Gasteiger partial charge < -0.3 is 5.32 Å². The van der Waals surface area contributed by atoms with Crippen LogP contribution >= 0.6 is 12.4 Å². The Hall–Kier alpha value is -2.02. The Labute approximate surface area is 149 Å². The van der Waals surface area contributed by atoms with Crippen molar-refractivity contribution in [3.05, 3.63) is 65.2 Å². The minimum atomic E-state index is 0. The Morgan fingerprint density at radius 2 is 1.75 bits per heavy atom. The van der Waals surface area contributed by atoms with Gasteiger partial charge in [-0.2, -0.15) is 5.26 Å². The average Bonchev–Trinajstić information content (AvgIpc) is 2.97. The first-order chi connectivity index (χ1) is 11.3. The third-order valence-electron chi connectivity index (χ3n) is 5.42. The number of hydrogen-bond acceptors (Lipinski definition) is 3. The lowest BCUT2D eigenvalue weighted by Crippen LogP contribution is -2.43. The topological polar surface area (TPSA) is 39.1 Å². The van der Waals surface area contributed by atoms with Gasteiger partial charge in [0, 0.05) is 24.2 Å². The number of fused-ring (bicyclic) bond motifs is 2. The van der Waals surface area contributed by atoms with Crippen molar-refractivity contribution in [3.8, 4) is 6.07 Å². The molecule has 4 rings (SSSR count). The summed E-state index contributed by atoms with van der Waals surface area (Å²) in [6.07, 6.45) is 2.43. The van der Waals surface area contributed by atoms with Gasteiger partial charge in [-0.05, 0) is 55.3 Å². The van der Waals surface area contributed by atoms with Crippen LogP contribution in [0.1, 0.15) is 29.5 Å². The summed E-state index contributed by atoms with van der Waals surface area (Å²) in [4.78, 5) is 2.54. The van der Waals surface area contributed by atoms with Crippen LogP contribution in [0.15, 0.2) is 48.5 Å². The molecule has 2 aromatic rings. The minimum Gasteiger partial charge on any atom is -0.384 e. The van der Waals surface area contributed by atoms with Gasteiger partial charge in [-0.25, -0.2) is 0 Å². The second kappa shape index (κ2) is 6.84. The molecule has 0 bridgehead atoms. The number of benzene rings is 2. The van der Waals surface area contributed by atoms with Gasteiger partial charge in [-0.15, -0.1) is 12.4 Å². The molecule has 0 atom stereocenters.